The van der Waals surface area contributed by atoms with E-state index in [1.54, 1.807) is 0 Å². The Morgan fingerprint density at radius 2 is 2.25 bits per heavy atom. The van der Waals surface area contributed by atoms with E-state index in [1.807, 2.05) is 18.5 Å². The highest BCUT2D eigenvalue weighted by atomic mass is 79.9. The molecule has 4 heteroatoms. The number of pyridine rings is 1. The second-order valence-corrected chi connectivity index (χ2v) is 5.98. The number of aromatic nitrogens is 1. The summed E-state index contributed by atoms with van der Waals surface area (Å²) in [6, 6.07) is 11.0. The Hall–Kier alpha value is -1.39. The van der Waals surface area contributed by atoms with Crippen LogP contribution in [0.15, 0.2) is 47.2 Å². The Labute approximate surface area is 127 Å². The molecule has 3 nitrogen and oxygen atoms in total. The van der Waals surface area contributed by atoms with Gasteiger partial charge in [-0.15, -0.1) is 0 Å². The highest BCUT2D eigenvalue weighted by Gasteiger charge is 2.27. The lowest BCUT2D eigenvalue weighted by Crippen LogP contribution is -2.23. The maximum Gasteiger partial charge on any atom is 0.0558 e. The largest absolute Gasteiger partial charge is 0.364 e. The summed E-state index contributed by atoms with van der Waals surface area (Å²) in [5, 5.41) is 0. The van der Waals surface area contributed by atoms with Crippen molar-refractivity contribution >= 4 is 21.6 Å². The zero-order valence-corrected chi connectivity index (χ0v) is 12.9. The summed E-state index contributed by atoms with van der Waals surface area (Å²) in [4.78, 5) is 6.71. The van der Waals surface area contributed by atoms with Crippen molar-refractivity contribution in [2.45, 2.75) is 25.4 Å². The second-order valence-electron chi connectivity index (χ2n) is 5.13. The maximum absolute atomic E-state index is 5.70. The molecule has 1 aliphatic rings. The predicted octanol–water partition coefficient (Wildman–Crippen LogP) is 3.64. The molecule has 1 atom stereocenters. The van der Waals surface area contributed by atoms with Gasteiger partial charge in [0.2, 0.25) is 0 Å². The standard InChI is InChI=1S/C16H18BrN3/c17-14-9-12(10-18)5-6-16(14)20-8-2-4-15(20)13-3-1-7-19-11-13/h1,3,5-7,9,11,15H,2,4,8,10,18H2. The van der Waals surface area contributed by atoms with Gasteiger partial charge in [0.15, 0.2) is 0 Å². The minimum Gasteiger partial charge on any atom is -0.364 e. The Morgan fingerprint density at radius 1 is 1.35 bits per heavy atom. The van der Waals surface area contributed by atoms with Crippen LogP contribution in [0.25, 0.3) is 0 Å². The molecular weight excluding hydrogens is 314 g/mol. The monoisotopic (exact) mass is 331 g/mol. The first-order valence-corrected chi connectivity index (χ1v) is 7.74. The molecule has 0 amide bonds. The lowest BCUT2D eigenvalue weighted by atomic mass is 10.1. The molecule has 1 fully saturated rings. The van der Waals surface area contributed by atoms with Gasteiger partial charge in [-0.25, -0.2) is 0 Å². The molecule has 1 saturated heterocycles. The van der Waals surface area contributed by atoms with Crippen molar-refractivity contribution in [2.75, 3.05) is 11.4 Å². The fourth-order valence-corrected chi connectivity index (χ4v) is 3.54. The van der Waals surface area contributed by atoms with E-state index in [1.165, 1.54) is 24.1 Å². The minimum atomic E-state index is 0.420. The van der Waals surface area contributed by atoms with Crippen LogP contribution in [0.2, 0.25) is 0 Å². The van der Waals surface area contributed by atoms with E-state index in [4.69, 9.17) is 5.73 Å². The van der Waals surface area contributed by atoms with Crippen LogP contribution in [0.1, 0.15) is 30.0 Å². The lowest BCUT2D eigenvalue weighted by molar-refractivity contribution is 0.714. The van der Waals surface area contributed by atoms with E-state index in [0.717, 1.165) is 16.6 Å². The van der Waals surface area contributed by atoms with E-state index in [2.05, 4.69) is 50.1 Å². The summed E-state index contributed by atoms with van der Waals surface area (Å²) >= 11 is 3.69. The molecule has 0 saturated carbocycles. The first-order valence-electron chi connectivity index (χ1n) is 6.94. The van der Waals surface area contributed by atoms with Crippen LogP contribution < -0.4 is 10.6 Å². The summed E-state index contributed by atoms with van der Waals surface area (Å²) in [5.74, 6) is 0. The van der Waals surface area contributed by atoms with Crippen LogP contribution >= 0.6 is 15.9 Å². The number of hydrogen-bond donors (Lipinski definition) is 1. The number of nitrogens with zero attached hydrogens (tertiary/aromatic N) is 2. The number of benzene rings is 1. The van der Waals surface area contributed by atoms with Crippen LogP contribution in [0.3, 0.4) is 0 Å². The molecule has 0 radical (unpaired) electrons. The molecule has 0 aliphatic carbocycles. The zero-order chi connectivity index (χ0) is 13.9. The van der Waals surface area contributed by atoms with E-state index < -0.39 is 0 Å². The van der Waals surface area contributed by atoms with Crippen LogP contribution in [-0.2, 0) is 6.54 Å². The molecule has 1 aliphatic heterocycles. The van der Waals surface area contributed by atoms with Gasteiger partial charge < -0.3 is 10.6 Å². The quantitative estimate of drug-likeness (QED) is 0.933. The summed E-state index contributed by atoms with van der Waals surface area (Å²) in [6.45, 7) is 1.66. The normalized spacial score (nSPS) is 18.5. The smallest absolute Gasteiger partial charge is 0.0558 e. The molecule has 2 aromatic rings. The van der Waals surface area contributed by atoms with Crippen LogP contribution in [0.4, 0.5) is 5.69 Å². The molecule has 3 rings (SSSR count). The molecule has 2 N–H and O–H groups in total. The Kier molecular flexibility index (Phi) is 4.03. The minimum absolute atomic E-state index is 0.420. The van der Waals surface area contributed by atoms with Gasteiger partial charge in [0, 0.05) is 30.0 Å². The van der Waals surface area contributed by atoms with Crippen LogP contribution in [0, 0.1) is 0 Å². The fourth-order valence-electron chi connectivity index (χ4n) is 2.88. The van der Waals surface area contributed by atoms with Crippen molar-refractivity contribution in [2.24, 2.45) is 5.73 Å². The van der Waals surface area contributed by atoms with Gasteiger partial charge in [0.05, 0.1) is 11.7 Å². The van der Waals surface area contributed by atoms with Gasteiger partial charge in [-0.3, -0.25) is 4.98 Å². The number of anilines is 1. The van der Waals surface area contributed by atoms with Gasteiger partial charge in [0.25, 0.3) is 0 Å². The molecule has 20 heavy (non-hydrogen) atoms. The van der Waals surface area contributed by atoms with E-state index >= 15 is 0 Å². The lowest BCUT2D eigenvalue weighted by Gasteiger charge is -2.28. The van der Waals surface area contributed by atoms with Crippen molar-refractivity contribution in [3.05, 3.63) is 58.3 Å². The topological polar surface area (TPSA) is 42.1 Å². The summed E-state index contributed by atoms with van der Waals surface area (Å²) < 4.78 is 1.12. The molecule has 0 spiro atoms. The Bertz CT molecular complexity index is 586. The number of rotatable bonds is 3. The summed E-state index contributed by atoms with van der Waals surface area (Å²) in [7, 11) is 0. The maximum atomic E-state index is 5.70. The van der Waals surface area contributed by atoms with Crippen molar-refractivity contribution in [1.29, 1.82) is 0 Å². The van der Waals surface area contributed by atoms with E-state index in [-0.39, 0.29) is 0 Å². The van der Waals surface area contributed by atoms with E-state index in [9.17, 15) is 0 Å². The number of hydrogen-bond acceptors (Lipinski definition) is 3. The first kappa shape index (κ1) is 13.6. The average molecular weight is 332 g/mol. The van der Waals surface area contributed by atoms with Crippen molar-refractivity contribution < 1.29 is 0 Å². The number of halogens is 1. The highest BCUT2D eigenvalue weighted by molar-refractivity contribution is 9.10. The first-order chi connectivity index (χ1) is 9.79. The Morgan fingerprint density at radius 3 is 2.95 bits per heavy atom. The molecular formula is C16H18BrN3. The third-order valence-electron chi connectivity index (χ3n) is 3.88. The average Bonchev–Trinajstić information content (AvgIpc) is 2.97. The van der Waals surface area contributed by atoms with Gasteiger partial charge in [-0.05, 0) is 58.1 Å². The summed E-state index contributed by atoms with van der Waals surface area (Å²) in [6.07, 6.45) is 6.20. The molecule has 1 aromatic carbocycles. The van der Waals surface area contributed by atoms with Gasteiger partial charge >= 0.3 is 0 Å². The molecule has 1 unspecified atom stereocenters. The fraction of sp³-hybridized carbons (Fsp3) is 0.312. The third kappa shape index (κ3) is 2.58. The van der Waals surface area contributed by atoms with Crippen molar-refractivity contribution in [3.8, 4) is 0 Å². The van der Waals surface area contributed by atoms with E-state index in [0.29, 0.717) is 12.6 Å². The molecule has 0 bridgehead atoms. The van der Waals surface area contributed by atoms with Gasteiger partial charge in [-0.2, -0.15) is 0 Å². The highest BCUT2D eigenvalue weighted by Crippen LogP contribution is 2.39. The van der Waals surface area contributed by atoms with Gasteiger partial charge in [0.1, 0.15) is 0 Å². The molecule has 1 aromatic heterocycles. The van der Waals surface area contributed by atoms with Crippen LogP contribution in [-0.4, -0.2) is 11.5 Å². The SMILES string of the molecule is NCc1ccc(N2CCCC2c2cccnc2)c(Br)c1. The number of nitrogens with two attached hydrogens (primary N) is 1. The zero-order valence-electron chi connectivity index (χ0n) is 11.3. The summed E-state index contributed by atoms with van der Waals surface area (Å²) in [5.41, 5.74) is 9.38. The van der Waals surface area contributed by atoms with Crippen molar-refractivity contribution in [3.63, 3.8) is 0 Å². The predicted molar refractivity (Wildman–Crippen MR) is 85.6 cm³/mol. The van der Waals surface area contributed by atoms with Crippen LogP contribution in [0.5, 0.6) is 0 Å². The van der Waals surface area contributed by atoms with Crippen molar-refractivity contribution in [1.82, 2.24) is 4.98 Å². The third-order valence-corrected chi connectivity index (χ3v) is 4.51. The molecule has 104 valence electrons. The molecule has 2 heterocycles. The second kappa shape index (κ2) is 5.94. The Balaban J connectivity index is 1.93. The van der Waals surface area contributed by atoms with Gasteiger partial charge in [-0.1, -0.05) is 12.1 Å².